The molecule has 6 heteroatoms. The number of carbonyl (C=O) groups is 1. The monoisotopic (exact) mass is 221 g/mol. The summed E-state index contributed by atoms with van der Waals surface area (Å²) in [5, 5.41) is 8.81. The average molecular weight is 221 g/mol. The number of hydrogen-bond acceptors (Lipinski definition) is 3. The van der Waals surface area contributed by atoms with Gasteiger partial charge in [0, 0.05) is 7.05 Å². The molecule has 0 aromatic rings. The van der Waals surface area contributed by atoms with Crippen molar-refractivity contribution >= 4 is 16.0 Å². The minimum atomic E-state index is -3.58. The summed E-state index contributed by atoms with van der Waals surface area (Å²) in [6.45, 7) is 5.96. The van der Waals surface area contributed by atoms with Crippen LogP contribution in [0.3, 0.4) is 0 Å². The van der Waals surface area contributed by atoms with Crippen LogP contribution in [0.2, 0.25) is 0 Å². The third-order valence-corrected chi connectivity index (χ3v) is 4.00. The summed E-state index contributed by atoms with van der Waals surface area (Å²) in [5.41, 5.74) is -1.44. The number of carboxylic acids is 1. The van der Waals surface area contributed by atoms with Gasteiger partial charge in [-0.05, 0) is 13.8 Å². The van der Waals surface area contributed by atoms with E-state index in [0.717, 1.165) is 4.31 Å². The van der Waals surface area contributed by atoms with Gasteiger partial charge in [0.2, 0.25) is 10.0 Å². The Morgan fingerprint density at radius 2 is 2.00 bits per heavy atom. The van der Waals surface area contributed by atoms with E-state index < -0.39 is 21.5 Å². The lowest BCUT2D eigenvalue weighted by Gasteiger charge is -2.30. The normalized spacial score (nSPS) is 12.9. The molecule has 0 aromatic carbocycles. The Labute approximate surface area is 84.1 Å². The van der Waals surface area contributed by atoms with Crippen molar-refractivity contribution in [2.75, 3.05) is 12.8 Å². The summed E-state index contributed by atoms with van der Waals surface area (Å²) in [4.78, 5) is 10.8. The van der Waals surface area contributed by atoms with E-state index in [1.54, 1.807) is 0 Å². The van der Waals surface area contributed by atoms with Crippen molar-refractivity contribution in [3.05, 3.63) is 12.7 Å². The first-order valence-electron chi connectivity index (χ1n) is 3.97. The van der Waals surface area contributed by atoms with E-state index in [2.05, 4.69) is 6.58 Å². The fourth-order valence-corrected chi connectivity index (χ4v) is 2.04. The van der Waals surface area contributed by atoms with Crippen LogP contribution in [-0.2, 0) is 14.8 Å². The quantitative estimate of drug-likeness (QED) is 0.677. The number of rotatable bonds is 5. The second kappa shape index (κ2) is 4.10. The summed E-state index contributed by atoms with van der Waals surface area (Å²) in [7, 11) is -2.34. The molecule has 82 valence electrons. The zero-order valence-corrected chi connectivity index (χ0v) is 9.34. The number of sulfonamides is 1. The highest BCUT2D eigenvalue weighted by molar-refractivity contribution is 7.89. The highest BCUT2D eigenvalue weighted by Crippen LogP contribution is 2.17. The fraction of sp³-hybridized carbons (Fsp3) is 0.625. The highest BCUT2D eigenvalue weighted by atomic mass is 32.2. The van der Waals surface area contributed by atoms with Gasteiger partial charge in [0.1, 0.15) is 5.54 Å². The average Bonchev–Trinajstić information content (AvgIpc) is 2.02. The van der Waals surface area contributed by atoms with Gasteiger partial charge in [-0.3, -0.25) is 4.79 Å². The lowest BCUT2D eigenvalue weighted by atomic mass is 10.1. The summed E-state index contributed by atoms with van der Waals surface area (Å²) >= 11 is 0. The van der Waals surface area contributed by atoms with Gasteiger partial charge >= 0.3 is 5.97 Å². The van der Waals surface area contributed by atoms with E-state index in [-0.39, 0.29) is 5.75 Å². The van der Waals surface area contributed by atoms with Crippen LogP contribution in [0.1, 0.15) is 13.8 Å². The molecule has 0 fully saturated rings. The Morgan fingerprint density at radius 1 is 1.57 bits per heavy atom. The predicted octanol–water partition coefficient (Wildman–Crippen LogP) is 0.297. The van der Waals surface area contributed by atoms with Crippen molar-refractivity contribution in [3.8, 4) is 0 Å². The molecule has 0 amide bonds. The highest BCUT2D eigenvalue weighted by Gasteiger charge is 2.38. The van der Waals surface area contributed by atoms with Gasteiger partial charge in [-0.2, -0.15) is 4.31 Å². The Kier molecular flexibility index (Phi) is 3.84. The van der Waals surface area contributed by atoms with Crippen LogP contribution < -0.4 is 0 Å². The summed E-state index contributed by atoms with van der Waals surface area (Å²) in [5.74, 6) is -1.45. The Morgan fingerprint density at radius 3 is 2.29 bits per heavy atom. The first-order chi connectivity index (χ1) is 6.16. The van der Waals surface area contributed by atoms with Gasteiger partial charge in [0.25, 0.3) is 0 Å². The maximum atomic E-state index is 11.5. The minimum Gasteiger partial charge on any atom is -0.480 e. The standard InChI is InChI=1S/C8H15NO4S/c1-5-6-14(12,13)9(4)8(2,3)7(10)11/h5H,1,6H2,2-4H3,(H,10,11). The second-order valence-corrected chi connectivity index (χ2v) is 5.44. The minimum absolute atomic E-state index is 0.264. The lowest BCUT2D eigenvalue weighted by Crippen LogP contribution is -2.51. The zero-order chi connectivity index (χ0) is 11.6. The molecule has 0 heterocycles. The molecule has 0 atom stereocenters. The fourth-order valence-electron chi connectivity index (χ4n) is 0.743. The van der Waals surface area contributed by atoms with Crippen molar-refractivity contribution in [1.29, 1.82) is 0 Å². The van der Waals surface area contributed by atoms with E-state index >= 15 is 0 Å². The lowest BCUT2D eigenvalue weighted by molar-refractivity contribution is -0.145. The van der Waals surface area contributed by atoms with Gasteiger partial charge in [-0.25, -0.2) is 8.42 Å². The number of aliphatic carboxylic acids is 1. The van der Waals surface area contributed by atoms with Crippen LogP contribution in [0.4, 0.5) is 0 Å². The smallest absolute Gasteiger partial charge is 0.324 e. The zero-order valence-electron chi connectivity index (χ0n) is 8.52. The van der Waals surface area contributed by atoms with Crippen LogP contribution in [-0.4, -0.2) is 42.1 Å². The van der Waals surface area contributed by atoms with Gasteiger partial charge in [-0.1, -0.05) is 6.08 Å². The molecule has 0 radical (unpaired) electrons. The summed E-state index contributed by atoms with van der Waals surface area (Å²) < 4.78 is 23.8. The SMILES string of the molecule is C=CCS(=O)(=O)N(C)C(C)(C)C(=O)O. The molecule has 0 rings (SSSR count). The molecule has 0 aliphatic carbocycles. The number of hydrogen-bond donors (Lipinski definition) is 1. The number of carboxylic acid groups (broad SMARTS) is 1. The van der Waals surface area contributed by atoms with Crippen LogP contribution in [0, 0.1) is 0 Å². The van der Waals surface area contributed by atoms with Crippen molar-refractivity contribution in [3.63, 3.8) is 0 Å². The molecular weight excluding hydrogens is 206 g/mol. The molecule has 0 saturated heterocycles. The van der Waals surface area contributed by atoms with Gasteiger partial charge in [-0.15, -0.1) is 6.58 Å². The van der Waals surface area contributed by atoms with E-state index in [9.17, 15) is 13.2 Å². The van der Waals surface area contributed by atoms with E-state index in [1.165, 1.54) is 27.0 Å². The summed E-state index contributed by atoms with van der Waals surface area (Å²) in [6.07, 6.45) is 1.23. The molecule has 0 unspecified atom stereocenters. The largest absolute Gasteiger partial charge is 0.480 e. The Balaban J connectivity index is 5.05. The molecule has 0 spiro atoms. The molecule has 1 N–H and O–H groups in total. The van der Waals surface area contributed by atoms with Crippen LogP contribution >= 0.6 is 0 Å². The third-order valence-electron chi connectivity index (χ3n) is 2.06. The first-order valence-corrected chi connectivity index (χ1v) is 5.58. The molecule has 14 heavy (non-hydrogen) atoms. The number of nitrogens with zero attached hydrogens (tertiary/aromatic N) is 1. The maximum Gasteiger partial charge on any atom is 0.324 e. The van der Waals surface area contributed by atoms with Crippen molar-refractivity contribution in [2.45, 2.75) is 19.4 Å². The summed E-state index contributed by atoms with van der Waals surface area (Å²) in [6, 6.07) is 0. The van der Waals surface area contributed by atoms with Crippen LogP contribution in [0.15, 0.2) is 12.7 Å². The molecule has 0 bridgehead atoms. The topological polar surface area (TPSA) is 74.7 Å². The van der Waals surface area contributed by atoms with Gasteiger partial charge in [0.05, 0.1) is 5.75 Å². The van der Waals surface area contributed by atoms with Gasteiger partial charge in [0.15, 0.2) is 0 Å². The Bertz CT molecular complexity index is 331. The number of likely N-dealkylation sites (N-methyl/N-ethyl adjacent to an activating group) is 1. The van der Waals surface area contributed by atoms with Crippen molar-refractivity contribution < 1.29 is 18.3 Å². The van der Waals surface area contributed by atoms with Crippen LogP contribution in [0.25, 0.3) is 0 Å². The second-order valence-electron chi connectivity index (χ2n) is 3.40. The molecular formula is C8H15NO4S. The Hall–Kier alpha value is -0.880. The molecule has 0 aliphatic rings. The molecule has 5 nitrogen and oxygen atoms in total. The first kappa shape index (κ1) is 13.1. The van der Waals surface area contributed by atoms with E-state index in [0.29, 0.717) is 0 Å². The van der Waals surface area contributed by atoms with Crippen molar-refractivity contribution in [2.24, 2.45) is 0 Å². The van der Waals surface area contributed by atoms with E-state index in [1.807, 2.05) is 0 Å². The van der Waals surface area contributed by atoms with Gasteiger partial charge < -0.3 is 5.11 Å². The molecule has 0 aromatic heterocycles. The molecule has 0 aliphatic heterocycles. The van der Waals surface area contributed by atoms with Crippen molar-refractivity contribution in [1.82, 2.24) is 4.31 Å². The van der Waals surface area contributed by atoms with Crippen LogP contribution in [0.5, 0.6) is 0 Å². The maximum absolute atomic E-state index is 11.5. The third kappa shape index (κ3) is 2.55. The van der Waals surface area contributed by atoms with E-state index in [4.69, 9.17) is 5.11 Å². The molecule has 0 saturated carbocycles. The predicted molar refractivity (Wildman–Crippen MR) is 53.5 cm³/mol.